The summed E-state index contributed by atoms with van der Waals surface area (Å²) in [5, 5.41) is 1.07. The van der Waals surface area contributed by atoms with Gasteiger partial charge in [0.25, 0.3) is 5.91 Å². The fraction of sp³-hybridized carbons (Fsp3) is 0.250. The summed E-state index contributed by atoms with van der Waals surface area (Å²) >= 11 is 0. The average molecular weight is 404 g/mol. The number of likely N-dealkylation sites (tertiary alicyclic amines) is 1. The normalized spacial score (nSPS) is 15.4. The third kappa shape index (κ3) is 3.56. The van der Waals surface area contributed by atoms with Crippen LogP contribution in [0.1, 0.15) is 17.5 Å². The van der Waals surface area contributed by atoms with E-state index in [1.54, 1.807) is 14.2 Å². The van der Waals surface area contributed by atoms with Crippen molar-refractivity contribution in [1.82, 2.24) is 9.47 Å². The van der Waals surface area contributed by atoms with Gasteiger partial charge in [0.2, 0.25) is 5.91 Å². The maximum absolute atomic E-state index is 12.9. The van der Waals surface area contributed by atoms with E-state index in [1.807, 2.05) is 66.4 Å². The Kier molecular flexibility index (Phi) is 5.31. The van der Waals surface area contributed by atoms with Crippen molar-refractivity contribution in [3.8, 4) is 11.5 Å². The summed E-state index contributed by atoms with van der Waals surface area (Å²) in [5.74, 6) is 0.904. The van der Waals surface area contributed by atoms with Gasteiger partial charge < -0.3 is 14.0 Å². The topological polar surface area (TPSA) is 60.8 Å². The number of carbonyl (C=O) groups excluding carboxylic acids is 2. The highest BCUT2D eigenvalue weighted by Gasteiger charge is 2.33. The molecule has 6 nitrogen and oxygen atoms in total. The van der Waals surface area contributed by atoms with Crippen LogP contribution in [-0.2, 0) is 23.1 Å². The fourth-order valence-electron chi connectivity index (χ4n) is 3.91. The standard InChI is InChI=1S/C24H24N2O4/c1-25-15-18(19-6-4-5-7-20(19)25)13-17-14-23(27)26(24(17)28)11-10-16-8-9-21(29-2)22(12-16)30-3/h4-9,12-13,15H,10-11,14H2,1-3H3/b17-13-. The van der Waals surface area contributed by atoms with Gasteiger partial charge in [0.1, 0.15) is 0 Å². The maximum Gasteiger partial charge on any atom is 0.256 e. The molecule has 1 aromatic heterocycles. The molecule has 1 aliphatic heterocycles. The van der Waals surface area contributed by atoms with Gasteiger partial charge in [-0.3, -0.25) is 14.5 Å². The Morgan fingerprint density at radius 1 is 1.03 bits per heavy atom. The minimum absolute atomic E-state index is 0.133. The first-order valence-corrected chi connectivity index (χ1v) is 9.82. The number of rotatable bonds is 6. The molecule has 2 heterocycles. The van der Waals surface area contributed by atoms with Crippen LogP contribution >= 0.6 is 0 Å². The minimum atomic E-state index is -0.214. The quantitative estimate of drug-likeness (QED) is 0.465. The van der Waals surface area contributed by atoms with Crippen LogP contribution in [0.4, 0.5) is 0 Å². The number of ether oxygens (including phenoxy) is 2. The smallest absolute Gasteiger partial charge is 0.256 e. The van der Waals surface area contributed by atoms with Gasteiger partial charge in [0, 0.05) is 41.8 Å². The molecule has 0 radical (unpaired) electrons. The van der Waals surface area contributed by atoms with Gasteiger partial charge in [-0.05, 0) is 36.3 Å². The Morgan fingerprint density at radius 3 is 2.57 bits per heavy atom. The van der Waals surface area contributed by atoms with Crippen LogP contribution < -0.4 is 9.47 Å². The molecule has 0 spiro atoms. The predicted molar refractivity (Wildman–Crippen MR) is 115 cm³/mol. The molecule has 0 bridgehead atoms. The van der Waals surface area contributed by atoms with Gasteiger partial charge in [-0.1, -0.05) is 24.3 Å². The Morgan fingerprint density at radius 2 is 1.80 bits per heavy atom. The van der Waals surface area contributed by atoms with Crippen LogP contribution in [0.15, 0.2) is 54.2 Å². The molecular formula is C24H24N2O4. The summed E-state index contributed by atoms with van der Waals surface area (Å²) < 4.78 is 12.6. The van der Waals surface area contributed by atoms with E-state index in [4.69, 9.17) is 9.47 Å². The molecule has 4 rings (SSSR count). The van der Waals surface area contributed by atoms with Crippen molar-refractivity contribution in [3.05, 3.63) is 65.4 Å². The number of fused-ring (bicyclic) bond motifs is 1. The summed E-state index contributed by atoms with van der Waals surface area (Å²) in [4.78, 5) is 26.7. The van der Waals surface area contributed by atoms with Crippen molar-refractivity contribution >= 4 is 28.8 Å². The summed E-state index contributed by atoms with van der Waals surface area (Å²) in [5.41, 5.74) is 3.54. The number of methoxy groups -OCH3 is 2. The molecule has 6 heteroatoms. The second kappa shape index (κ2) is 8.06. The highest BCUT2D eigenvalue weighted by atomic mass is 16.5. The number of carbonyl (C=O) groups is 2. The van der Waals surface area contributed by atoms with Crippen LogP contribution in [0, 0.1) is 0 Å². The number of imide groups is 1. The molecule has 1 saturated heterocycles. The zero-order valence-electron chi connectivity index (χ0n) is 17.3. The van der Waals surface area contributed by atoms with Crippen LogP contribution in [0.5, 0.6) is 11.5 Å². The number of nitrogens with zero attached hydrogens (tertiary/aromatic N) is 2. The van der Waals surface area contributed by atoms with E-state index in [9.17, 15) is 9.59 Å². The van der Waals surface area contributed by atoms with Gasteiger partial charge in [0.05, 0.1) is 20.6 Å². The Bertz CT molecular complexity index is 1160. The number of para-hydroxylation sites is 1. The van der Waals surface area contributed by atoms with Gasteiger partial charge in [-0.15, -0.1) is 0 Å². The summed E-state index contributed by atoms with van der Waals surface area (Å²) in [7, 11) is 5.14. The van der Waals surface area contributed by atoms with E-state index >= 15 is 0 Å². The third-order valence-electron chi connectivity index (χ3n) is 5.49. The molecular weight excluding hydrogens is 380 g/mol. The lowest BCUT2D eigenvalue weighted by atomic mass is 10.1. The molecule has 2 aromatic carbocycles. The molecule has 1 fully saturated rings. The average Bonchev–Trinajstić information content (AvgIpc) is 3.22. The summed E-state index contributed by atoms with van der Waals surface area (Å²) in [6, 6.07) is 13.6. The van der Waals surface area contributed by atoms with Crippen LogP contribution in [-0.4, -0.2) is 42.0 Å². The van der Waals surface area contributed by atoms with Gasteiger partial charge >= 0.3 is 0 Å². The second-order valence-corrected chi connectivity index (χ2v) is 7.35. The van der Waals surface area contributed by atoms with Crippen LogP contribution in [0.2, 0.25) is 0 Å². The number of aromatic nitrogens is 1. The van der Waals surface area contributed by atoms with Crippen molar-refractivity contribution in [2.45, 2.75) is 12.8 Å². The Hall–Kier alpha value is -3.54. The SMILES string of the molecule is COc1ccc(CCN2C(=O)C/C(=C/c3cn(C)c4ccccc34)C2=O)cc1OC. The number of aryl methyl sites for hydroxylation is 1. The summed E-state index contributed by atoms with van der Waals surface area (Å²) in [6.45, 7) is 0.333. The molecule has 0 atom stereocenters. The zero-order valence-corrected chi connectivity index (χ0v) is 17.3. The zero-order chi connectivity index (χ0) is 21.3. The second-order valence-electron chi connectivity index (χ2n) is 7.35. The van der Waals surface area contributed by atoms with E-state index in [-0.39, 0.29) is 18.2 Å². The van der Waals surface area contributed by atoms with Crippen molar-refractivity contribution in [2.24, 2.45) is 7.05 Å². The molecule has 30 heavy (non-hydrogen) atoms. The largest absolute Gasteiger partial charge is 0.493 e. The van der Waals surface area contributed by atoms with Gasteiger partial charge in [0.15, 0.2) is 11.5 Å². The number of amides is 2. The van der Waals surface area contributed by atoms with E-state index in [1.165, 1.54) is 4.90 Å². The maximum atomic E-state index is 12.9. The molecule has 0 saturated carbocycles. The fourth-order valence-corrected chi connectivity index (χ4v) is 3.91. The van der Waals surface area contributed by atoms with E-state index in [0.717, 1.165) is 22.0 Å². The van der Waals surface area contributed by atoms with Crippen molar-refractivity contribution in [1.29, 1.82) is 0 Å². The van der Waals surface area contributed by atoms with Gasteiger partial charge in [-0.2, -0.15) is 0 Å². The first kappa shape index (κ1) is 19.8. The monoisotopic (exact) mass is 404 g/mol. The third-order valence-corrected chi connectivity index (χ3v) is 5.49. The minimum Gasteiger partial charge on any atom is -0.493 e. The molecule has 154 valence electrons. The Labute approximate surface area is 175 Å². The van der Waals surface area contributed by atoms with Crippen molar-refractivity contribution < 1.29 is 19.1 Å². The predicted octanol–water partition coefficient (Wildman–Crippen LogP) is 3.58. The van der Waals surface area contributed by atoms with Crippen LogP contribution in [0.25, 0.3) is 17.0 Å². The lowest BCUT2D eigenvalue weighted by molar-refractivity contribution is -0.137. The molecule has 0 N–H and O–H groups in total. The molecule has 1 aliphatic rings. The number of benzene rings is 2. The van der Waals surface area contributed by atoms with Crippen molar-refractivity contribution in [3.63, 3.8) is 0 Å². The lowest BCUT2D eigenvalue weighted by Gasteiger charge is -2.14. The first-order valence-electron chi connectivity index (χ1n) is 9.82. The molecule has 2 amide bonds. The van der Waals surface area contributed by atoms with E-state index in [0.29, 0.717) is 30.0 Å². The molecule has 3 aromatic rings. The lowest BCUT2D eigenvalue weighted by Crippen LogP contribution is -2.31. The highest BCUT2D eigenvalue weighted by Crippen LogP contribution is 2.29. The van der Waals surface area contributed by atoms with Gasteiger partial charge in [-0.25, -0.2) is 0 Å². The highest BCUT2D eigenvalue weighted by molar-refractivity contribution is 6.16. The first-order chi connectivity index (χ1) is 14.5. The summed E-state index contributed by atoms with van der Waals surface area (Å²) in [6.07, 6.45) is 4.52. The Balaban J connectivity index is 1.52. The number of hydrogen-bond donors (Lipinski definition) is 0. The number of hydrogen-bond acceptors (Lipinski definition) is 4. The van der Waals surface area contributed by atoms with E-state index in [2.05, 4.69) is 0 Å². The molecule has 0 unspecified atom stereocenters. The molecule has 0 aliphatic carbocycles. The van der Waals surface area contributed by atoms with Crippen LogP contribution in [0.3, 0.4) is 0 Å². The van der Waals surface area contributed by atoms with E-state index < -0.39 is 0 Å². The van der Waals surface area contributed by atoms with Crippen molar-refractivity contribution in [2.75, 3.05) is 20.8 Å².